The molecule has 1 fully saturated rings. The average molecular weight is 376 g/mol. The predicted octanol–water partition coefficient (Wildman–Crippen LogP) is 2.68. The second-order valence-corrected chi connectivity index (χ2v) is 7.55. The minimum atomic E-state index is -0.706. The number of piperazine rings is 1. The Morgan fingerprint density at radius 3 is 2.41 bits per heavy atom. The third kappa shape index (κ3) is 5.78. The van der Waals surface area contributed by atoms with Crippen LogP contribution in [0.4, 0.5) is 5.69 Å². The molecule has 0 saturated carbocycles. The molecular weight excluding hydrogens is 342 g/mol. The van der Waals surface area contributed by atoms with Crippen LogP contribution in [0, 0.1) is 13.8 Å². The summed E-state index contributed by atoms with van der Waals surface area (Å²) < 4.78 is 5.42. The van der Waals surface area contributed by atoms with Gasteiger partial charge < -0.3 is 10.1 Å². The van der Waals surface area contributed by atoms with E-state index in [1.54, 1.807) is 0 Å². The van der Waals surface area contributed by atoms with E-state index >= 15 is 0 Å². The van der Waals surface area contributed by atoms with E-state index in [0.29, 0.717) is 6.61 Å². The monoisotopic (exact) mass is 375 g/mol. The van der Waals surface area contributed by atoms with E-state index in [-0.39, 0.29) is 24.0 Å². The first kappa shape index (κ1) is 21.4. The van der Waals surface area contributed by atoms with Gasteiger partial charge in [0.2, 0.25) is 5.91 Å². The van der Waals surface area contributed by atoms with Crippen LogP contribution in [0.5, 0.6) is 0 Å². The number of hydrogen-bond donors (Lipinski definition) is 3. The summed E-state index contributed by atoms with van der Waals surface area (Å²) in [5.74, 6) is -0.607. The van der Waals surface area contributed by atoms with E-state index < -0.39 is 12.1 Å². The van der Waals surface area contributed by atoms with E-state index in [0.717, 1.165) is 36.1 Å². The number of amides is 1. The Bertz CT molecular complexity index is 662. The number of esters is 1. The lowest BCUT2D eigenvalue weighted by atomic mass is 9.97. The van der Waals surface area contributed by atoms with Gasteiger partial charge in [-0.25, -0.2) is 0 Å². The first-order chi connectivity index (χ1) is 12.8. The van der Waals surface area contributed by atoms with Crippen LogP contribution in [0.2, 0.25) is 0 Å². The molecule has 6 nitrogen and oxygen atoms in total. The Morgan fingerprint density at radius 2 is 1.74 bits per heavy atom. The number of hydrogen-bond acceptors (Lipinski definition) is 5. The van der Waals surface area contributed by atoms with E-state index in [9.17, 15) is 9.59 Å². The molecule has 1 aromatic carbocycles. The first-order valence-electron chi connectivity index (χ1n) is 9.90. The summed E-state index contributed by atoms with van der Waals surface area (Å²) >= 11 is 0. The van der Waals surface area contributed by atoms with Gasteiger partial charge in [-0.3, -0.25) is 20.2 Å². The molecule has 1 aliphatic heterocycles. The highest BCUT2D eigenvalue weighted by Crippen LogP contribution is 2.18. The second-order valence-electron chi connectivity index (χ2n) is 7.55. The van der Waals surface area contributed by atoms with Gasteiger partial charge in [-0.2, -0.15) is 0 Å². The number of aryl methyl sites for hydroxylation is 2. The van der Waals surface area contributed by atoms with E-state index in [1.165, 1.54) is 0 Å². The zero-order valence-corrected chi connectivity index (χ0v) is 17.1. The van der Waals surface area contributed by atoms with Gasteiger partial charge >= 0.3 is 5.97 Å². The fourth-order valence-corrected chi connectivity index (χ4v) is 3.17. The second kappa shape index (κ2) is 9.85. The molecular formula is C21H33N3O3. The van der Waals surface area contributed by atoms with Gasteiger partial charge in [0.05, 0.1) is 6.61 Å². The molecule has 1 amide bonds. The molecule has 1 heterocycles. The van der Waals surface area contributed by atoms with Crippen LogP contribution in [-0.4, -0.2) is 42.7 Å². The highest BCUT2D eigenvalue weighted by molar-refractivity contribution is 5.99. The van der Waals surface area contributed by atoms with Gasteiger partial charge in [-0.15, -0.1) is 0 Å². The largest absolute Gasteiger partial charge is 0.464 e. The number of anilines is 1. The van der Waals surface area contributed by atoms with Crippen molar-refractivity contribution in [3.05, 3.63) is 29.3 Å². The van der Waals surface area contributed by atoms with Gasteiger partial charge in [0.15, 0.2) is 0 Å². The predicted molar refractivity (Wildman–Crippen MR) is 108 cm³/mol. The molecule has 1 saturated heterocycles. The summed E-state index contributed by atoms with van der Waals surface area (Å²) in [6, 6.07) is 4.64. The third-order valence-electron chi connectivity index (χ3n) is 5.15. The fraction of sp³-hybridized carbons (Fsp3) is 0.619. The van der Waals surface area contributed by atoms with Gasteiger partial charge in [-0.05, 0) is 51.3 Å². The molecule has 0 spiro atoms. The van der Waals surface area contributed by atoms with Crippen molar-refractivity contribution in [1.29, 1.82) is 0 Å². The number of carbonyl (C=O) groups is 2. The Labute approximate surface area is 162 Å². The number of nitrogens with one attached hydrogen (secondary N) is 3. The standard InChI is InChI=1S/C21H33N3O3/c1-6-7-8-11-27-21(26)19-18(22-15(4)16(5)23-19)20(25)24-17-12-13(2)9-10-14(17)3/h9-10,12,15-16,18-19,22-23H,6-8,11H2,1-5H3,(H,24,25). The van der Waals surface area contributed by atoms with Crippen molar-refractivity contribution in [3.8, 4) is 0 Å². The van der Waals surface area contributed by atoms with Crippen molar-refractivity contribution in [1.82, 2.24) is 10.6 Å². The van der Waals surface area contributed by atoms with E-state index in [4.69, 9.17) is 4.74 Å². The third-order valence-corrected chi connectivity index (χ3v) is 5.15. The molecule has 3 N–H and O–H groups in total. The molecule has 0 aliphatic carbocycles. The molecule has 0 aromatic heterocycles. The van der Waals surface area contributed by atoms with Crippen LogP contribution in [0.1, 0.15) is 51.2 Å². The molecule has 150 valence electrons. The van der Waals surface area contributed by atoms with Crippen molar-refractivity contribution in [2.75, 3.05) is 11.9 Å². The number of rotatable bonds is 7. The summed E-state index contributed by atoms with van der Waals surface area (Å²) in [7, 11) is 0. The summed E-state index contributed by atoms with van der Waals surface area (Å²) in [6.07, 6.45) is 2.93. The highest BCUT2D eigenvalue weighted by atomic mass is 16.5. The fourth-order valence-electron chi connectivity index (χ4n) is 3.17. The summed E-state index contributed by atoms with van der Waals surface area (Å²) in [5.41, 5.74) is 2.82. The van der Waals surface area contributed by atoms with Crippen molar-refractivity contribution >= 4 is 17.6 Å². The number of ether oxygens (including phenoxy) is 1. The molecule has 0 radical (unpaired) electrons. The maximum Gasteiger partial charge on any atom is 0.325 e. The van der Waals surface area contributed by atoms with E-state index in [2.05, 4.69) is 22.9 Å². The van der Waals surface area contributed by atoms with Crippen LogP contribution >= 0.6 is 0 Å². The number of benzene rings is 1. The zero-order valence-electron chi connectivity index (χ0n) is 17.1. The van der Waals surface area contributed by atoms with Crippen molar-refractivity contribution in [2.45, 2.75) is 78.0 Å². The van der Waals surface area contributed by atoms with E-state index in [1.807, 2.05) is 45.9 Å². The SMILES string of the molecule is CCCCCOC(=O)C1NC(C)C(C)NC1C(=O)Nc1cc(C)ccc1C. The highest BCUT2D eigenvalue weighted by Gasteiger charge is 2.41. The van der Waals surface area contributed by atoms with Gasteiger partial charge in [0, 0.05) is 17.8 Å². The lowest BCUT2D eigenvalue weighted by Gasteiger charge is -2.39. The van der Waals surface area contributed by atoms with Crippen molar-refractivity contribution in [2.24, 2.45) is 0 Å². The topological polar surface area (TPSA) is 79.5 Å². The Morgan fingerprint density at radius 1 is 1.07 bits per heavy atom. The maximum absolute atomic E-state index is 13.0. The van der Waals surface area contributed by atoms with Crippen LogP contribution in [0.3, 0.4) is 0 Å². The Balaban J connectivity index is 2.10. The number of unbranched alkanes of at least 4 members (excludes halogenated alkanes) is 2. The minimum Gasteiger partial charge on any atom is -0.464 e. The normalized spacial score (nSPS) is 25.1. The lowest BCUT2D eigenvalue weighted by molar-refractivity contribution is -0.149. The minimum absolute atomic E-state index is 0.0583. The maximum atomic E-state index is 13.0. The van der Waals surface area contributed by atoms with Crippen LogP contribution < -0.4 is 16.0 Å². The summed E-state index contributed by atoms with van der Waals surface area (Å²) in [5, 5.41) is 9.50. The molecule has 27 heavy (non-hydrogen) atoms. The van der Waals surface area contributed by atoms with Crippen LogP contribution in [0.15, 0.2) is 18.2 Å². The van der Waals surface area contributed by atoms with Crippen LogP contribution in [0.25, 0.3) is 0 Å². The summed E-state index contributed by atoms with van der Waals surface area (Å²) in [4.78, 5) is 25.6. The van der Waals surface area contributed by atoms with Crippen molar-refractivity contribution < 1.29 is 14.3 Å². The molecule has 4 unspecified atom stereocenters. The average Bonchev–Trinajstić information content (AvgIpc) is 2.63. The van der Waals surface area contributed by atoms with Gasteiger partial charge in [0.25, 0.3) is 0 Å². The van der Waals surface area contributed by atoms with Crippen molar-refractivity contribution in [3.63, 3.8) is 0 Å². The lowest BCUT2D eigenvalue weighted by Crippen LogP contribution is -2.69. The van der Waals surface area contributed by atoms with Gasteiger partial charge in [0.1, 0.15) is 12.1 Å². The molecule has 2 rings (SSSR count). The quantitative estimate of drug-likeness (QED) is 0.504. The first-order valence-corrected chi connectivity index (χ1v) is 9.90. The molecule has 6 heteroatoms. The molecule has 1 aliphatic rings. The molecule has 0 bridgehead atoms. The Hall–Kier alpha value is -1.92. The smallest absolute Gasteiger partial charge is 0.325 e. The molecule has 1 aromatic rings. The Kier molecular flexibility index (Phi) is 7.80. The van der Waals surface area contributed by atoms with Gasteiger partial charge in [-0.1, -0.05) is 31.9 Å². The number of carbonyl (C=O) groups excluding carboxylic acids is 2. The zero-order chi connectivity index (χ0) is 20.0. The molecule has 4 atom stereocenters. The van der Waals surface area contributed by atoms with Crippen LogP contribution in [-0.2, 0) is 14.3 Å². The summed E-state index contributed by atoms with van der Waals surface area (Å²) in [6.45, 7) is 10.4.